The molecular formula is C15H31N5O3S. The third kappa shape index (κ3) is 7.04. The van der Waals surface area contributed by atoms with E-state index in [1.807, 2.05) is 0 Å². The molecule has 0 saturated carbocycles. The van der Waals surface area contributed by atoms with Crippen molar-refractivity contribution in [1.29, 1.82) is 0 Å². The van der Waals surface area contributed by atoms with Gasteiger partial charge < -0.3 is 15.5 Å². The van der Waals surface area contributed by atoms with E-state index in [1.54, 1.807) is 14.1 Å². The number of hydrogen-bond donors (Lipinski definition) is 2. The summed E-state index contributed by atoms with van der Waals surface area (Å²) in [7, 11) is 0.189. The van der Waals surface area contributed by atoms with Crippen LogP contribution in [0, 0.1) is 5.92 Å². The molecule has 8 nitrogen and oxygen atoms in total. The second-order valence-corrected chi connectivity index (χ2v) is 8.71. The second-order valence-electron chi connectivity index (χ2n) is 6.78. The Labute approximate surface area is 145 Å². The standard InChI is InChI=1S/C15H31N5O3S/c1-12(2)9-16-15(18-11-14(21)19(3)4)17-10-13-7-6-8-20(13)24(5,22)23/h12-13H,6-11H2,1-5H3,(H2,16,17,18)/t13-/m1/s1. The SMILES string of the molecule is CC(C)CNC(=NCC(=O)N(C)C)NC[C@H]1CCCN1S(C)(=O)=O. The van der Waals surface area contributed by atoms with Crippen molar-refractivity contribution < 1.29 is 13.2 Å². The summed E-state index contributed by atoms with van der Waals surface area (Å²) in [6, 6.07) is -0.0735. The van der Waals surface area contributed by atoms with E-state index in [9.17, 15) is 13.2 Å². The van der Waals surface area contributed by atoms with Gasteiger partial charge in [-0.3, -0.25) is 4.79 Å². The van der Waals surface area contributed by atoms with E-state index in [4.69, 9.17) is 0 Å². The number of likely N-dealkylation sites (N-methyl/N-ethyl adjacent to an activating group) is 1. The molecule has 140 valence electrons. The molecule has 1 fully saturated rings. The Morgan fingerprint density at radius 2 is 2.00 bits per heavy atom. The summed E-state index contributed by atoms with van der Waals surface area (Å²) in [5, 5.41) is 6.37. The lowest BCUT2D eigenvalue weighted by atomic mass is 10.2. The van der Waals surface area contributed by atoms with Crippen molar-refractivity contribution in [1.82, 2.24) is 19.8 Å². The highest BCUT2D eigenvalue weighted by Crippen LogP contribution is 2.19. The quantitative estimate of drug-likeness (QED) is 0.479. The Morgan fingerprint density at radius 1 is 1.33 bits per heavy atom. The molecule has 1 saturated heterocycles. The van der Waals surface area contributed by atoms with Gasteiger partial charge in [-0.1, -0.05) is 13.8 Å². The predicted molar refractivity (Wildman–Crippen MR) is 96.4 cm³/mol. The lowest BCUT2D eigenvalue weighted by Crippen LogP contribution is -2.47. The topological polar surface area (TPSA) is 94.1 Å². The molecule has 0 spiro atoms. The zero-order valence-electron chi connectivity index (χ0n) is 15.4. The molecule has 9 heteroatoms. The number of carbonyl (C=O) groups excluding carboxylic acids is 1. The average molecular weight is 362 g/mol. The van der Waals surface area contributed by atoms with Gasteiger partial charge in [-0.05, 0) is 18.8 Å². The average Bonchev–Trinajstić information content (AvgIpc) is 2.94. The number of sulfonamides is 1. The van der Waals surface area contributed by atoms with E-state index in [-0.39, 0.29) is 18.5 Å². The number of aliphatic imine (C=N–C) groups is 1. The van der Waals surface area contributed by atoms with Crippen LogP contribution in [0.15, 0.2) is 4.99 Å². The van der Waals surface area contributed by atoms with E-state index >= 15 is 0 Å². The second kappa shape index (κ2) is 9.22. The molecule has 1 rings (SSSR count). The summed E-state index contributed by atoms with van der Waals surface area (Å²) in [4.78, 5) is 17.5. The molecule has 0 bridgehead atoms. The Hall–Kier alpha value is -1.35. The monoisotopic (exact) mass is 361 g/mol. The van der Waals surface area contributed by atoms with Gasteiger partial charge in [0.2, 0.25) is 15.9 Å². The number of amides is 1. The van der Waals surface area contributed by atoms with Crippen LogP contribution in [0.1, 0.15) is 26.7 Å². The molecule has 1 heterocycles. The molecule has 0 aliphatic carbocycles. The van der Waals surface area contributed by atoms with Gasteiger partial charge in [-0.25, -0.2) is 13.4 Å². The van der Waals surface area contributed by atoms with Crippen molar-refractivity contribution in [2.75, 3.05) is 46.5 Å². The largest absolute Gasteiger partial charge is 0.356 e. The molecule has 0 aromatic rings. The zero-order chi connectivity index (χ0) is 18.3. The fourth-order valence-corrected chi connectivity index (χ4v) is 3.61. The third-order valence-corrected chi connectivity index (χ3v) is 5.14. The van der Waals surface area contributed by atoms with Crippen LogP contribution in [0.5, 0.6) is 0 Å². The van der Waals surface area contributed by atoms with Gasteiger partial charge in [-0.15, -0.1) is 0 Å². The van der Waals surface area contributed by atoms with Gasteiger partial charge in [0.05, 0.1) is 6.26 Å². The first-order valence-corrected chi connectivity index (χ1v) is 10.1. The van der Waals surface area contributed by atoms with Crippen LogP contribution < -0.4 is 10.6 Å². The van der Waals surface area contributed by atoms with E-state index in [2.05, 4.69) is 29.5 Å². The van der Waals surface area contributed by atoms with Crippen molar-refractivity contribution in [2.24, 2.45) is 10.9 Å². The highest BCUT2D eigenvalue weighted by Gasteiger charge is 2.31. The highest BCUT2D eigenvalue weighted by molar-refractivity contribution is 7.88. The molecular weight excluding hydrogens is 330 g/mol. The maximum absolute atomic E-state index is 11.8. The fourth-order valence-electron chi connectivity index (χ4n) is 2.43. The van der Waals surface area contributed by atoms with Crippen LogP contribution in [-0.2, 0) is 14.8 Å². The van der Waals surface area contributed by atoms with E-state index < -0.39 is 10.0 Å². The summed E-state index contributed by atoms with van der Waals surface area (Å²) in [5.74, 6) is 0.888. The number of carbonyl (C=O) groups is 1. The molecule has 0 unspecified atom stereocenters. The van der Waals surface area contributed by atoms with Gasteiger partial charge in [0.1, 0.15) is 6.54 Å². The van der Waals surface area contributed by atoms with Gasteiger partial charge in [0.15, 0.2) is 5.96 Å². The van der Waals surface area contributed by atoms with Gasteiger partial charge >= 0.3 is 0 Å². The molecule has 1 aliphatic heterocycles. The Balaban J connectivity index is 2.67. The van der Waals surface area contributed by atoms with Gasteiger partial charge in [0.25, 0.3) is 0 Å². The zero-order valence-corrected chi connectivity index (χ0v) is 16.2. The van der Waals surface area contributed by atoms with Crippen molar-refractivity contribution in [3.05, 3.63) is 0 Å². The van der Waals surface area contributed by atoms with E-state index in [1.165, 1.54) is 15.5 Å². The minimum absolute atomic E-state index is 0.0564. The Kier molecular flexibility index (Phi) is 7.95. The lowest BCUT2D eigenvalue weighted by molar-refractivity contribution is -0.127. The summed E-state index contributed by atoms with van der Waals surface area (Å²) in [6.07, 6.45) is 2.94. The number of rotatable bonds is 7. The normalized spacial score (nSPS) is 19.6. The van der Waals surface area contributed by atoms with Crippen molar-refractivity contribution in [3.8, 4) is 0 Å². The third-order valence-electron chi connectivity index (χ3n) is 3.80. The Morgan fingerprint density at radius 3 is 2.54 bits per heavy atom. The van der Waals surface area contributed by atoms with Crippen LogP contribution in [-0.4, -0.2) is 82.1 Å². The minimum atomic E-state index is -3.19. The van der Waals surface area contributed by atoms with Crippen LogP contribution in [0.25, 0.3) is 0 Å². The predicted octanol–water partition coefficient (Wildman–Crippen LogP) is -0.310. The van der Waals surface area contributed by atoms with Crippen molar-refractivity contribution >= 4 is 21.9 Å². The van der Waals surface area contributed by atoms with Gasteiger partial charge in [0, 0.05) is 39.8 Å². The van der Waals surface area contributed by atoms with Crippen LogP contribution in [0.2, 0.25) is 0 Å². The molecule has 0 radical (unpaired) electrons. The molecule has 0 aromatic heterocycles. The van der Waals surface area contributed by atoms with E-state index in [0.29, 0.717) is 25.0 Å². The number of nitrogens with one attached hydrogen (secondary N) is 2. The fraction of sp³-hybridized carbons (Fsp3) is 0.867. The molecule has 1 aliphatic rings. The van der Waals surface area contributed by atoms with E-state index in [0.717, 1.165) is 19.4 Å². The van der Waals surface area contributed by atoms with Crippen molar-refractivity contribution in [3.63, 3.8) is 0 Å². The molecule has 1 atom stereocenters. The summed E-state index contributed by atoms with van der Waals surface area (Å²) in [6.45, 7) is 5.99. The maximum atomic E-state index is 11.8. The molecule has 0 aromatic carbocycles. The van der Waals surface area contributed by atoms with Crippen LogP contribution in [0.3, 0.4) is 0 Å². The van der Waals surface area contributed by atoms with Gasteiger partial charge in [-0.2, -0.15) is 4.31 Å². The molecule has 1 amide bonds. The highest BCUT2D eigenvalue weighted by atomic mass is 32.2. The number of nitrogens with zero attached hydrogens (tertiary/aromatic N) is 3. The first-order valence-electron chi connectivity index (χ1n) is 8.30. The van der Waals surface area contributed by atoms with Crippen LogP contribution in [0.4, 0.5) is 0 Å². The smallest absolute Gasteiger partial charge is 0.243 e. The summed E-state index contributed by atoms with van der Waals surface area (Å²) in [5.41, 5.74) is 0. The Bertz CT molecular complexity index is 545. The van der Waals surface area contributed by atoms with Crippen molar-refractivity contribution in [2.45, 2.75) is 32.7 Å². The molecule has 24 heavy (non-hydrogen) atoms. The molecule has 2 N–H and O–H groups in total. The maximum Gasteiger partial charge on any atom is 0.243 e. The van der Waals surface area contributed by atoms with Crippen LogP contribution >= 0.6 is 0 Å². The number of hydrogen-bond acceptors (Lipinski definition) is 4. The summed E-state index contributed by atoms with van der Waals surface area (Å²) >= 11 is 0. The number of guanidine groups is 1. The first-order chi connectivity index (χ1) is 11.1. The first kappa shape index (κ1) is 20.7. The lowest BCUT2D eigenvalue weighted by Gasteiger charge is -2.23. The minimum Gasteiger partial charge on any atom is -0.356 e. The summed E-state index contributed by atoms with van der Waals surface area (Å²) < 4.78 is 25.1.